The minimum absolute atomic E-state index is 0.673. The molecule has 2 aromatic heterocycles. The number of fused-ring (bicyclic) bond motifs is 1. The molecule has 0 saturated carbocycles. The van der Waals surface area contributed by atoms with Crippen LogP contribution in [0.1, 0.15) is 13.8 Å². The standard InChI is InChI=1S/C12H17N5S/c1-8(2)9-5-17(3-4-18-9)12-10-11(14-6-13-10)15-7-16-12/h6-9H,3-5H2,1-2H3,(H,13,14,15,16). The molecular formula is C12H17N5S. The van der Waals surface area contributed by atoms with Gasteiger partial charge in [-0.25, -0.2) is 15.0 Å². The molecule has 1 unspecified atom stereocenters. The first kappa shape index (κ1) is 11.8. The van der Waals surface area contributed by atoms with Gasteiger partial charge in [-0.15, -0.1) is 0 Å². The maximum Gasteiger partial charge on any atom is 0.182 e. The van der Waals surface area contributed by atoms with Crippen molar-refractivity contribution in [3.8, 4) is 0 Å². The van der Waals surface area contributed by atoms with E-state index in [9.17, 15) is 0 Å². The van der Waals surface area contributed by atoms with Crippen LogP contribution in [0.15, 0.2) is 12.7 Å². The van der Waals surface area contributed by atoms with Crippen LogP contribution in [0, 0.1) is 5.92 Å². The Hall–Kier alpha value is -1.30. The van der Waals surface area contributed by atoms with Gasteiger partial charge in [0.25, 0.3) is 0 Å². The van der Waals surface area contributed by atoms with Gasteiger partial charge in [0.05, 0.1) is 6.33 Å². The van der Waals surface area contributed by atoms with Gasteiger partial charge in [0, 0.05) is 24.1 Å². The van der Waals surface area contributed by atoms with E-state index in [-0.39, 0.29) is 0 Å². The van der Waals surface area contributed by atoms with Gasteiger partial charge >= 0.3 is 0 Å². The van der Waals surface area contributed by atoms with Crippen LogP contribution in [-0.2, 0) is 0 Å². The first-order valence-electron chi connectivity index (χ1n) is 6.26. The fraction of sp³-hybridized carbons (Fsp3) is 0.583. The number of H-pyrrole nitrogens is 1. The summed E-state index contributed by atoms with van der Waals surface area (Å²) in [5, 5.41) is 0.673. The second-order valence-corrected chi connectivity index (χ2v) is 6.24. The Morgan fingerprint density at radius 3 is 3.11 bits per heavy atom. The van der Waals surface area contributed by atoms with Gasteiger partial charge in [-0.3, -0.25) is 0 Å². The van der Waals surface area contributed by atoms with Crippen LogP contribution < -0.4 is 4.90 Å². The van der Waals surface area contributed by atoms with Crippen LogP contribution in [0.4, 0.5) is 5.82 Å². The SMILES string of the molecule is CC(C)C1CN(c2ncnc3nc[nH]c23)CCS1. The number of hydrogen-bond donors (Lipinski definition) is 1. The summed E-state index contributed by atoms with van der Waals surface area (Å²) >= 11 is 2.07. The van der Waals surface area contributed by atoms with E-state index in [1.165, 1.54) is 0 Å². The number of imidazole rings is 1. The van der Waals surface area contributed by atoms with Crippen molar-refractivity contribution in [3.05, 3.63) is 12.7 Å². The highest BCUT2D eigenvalue weighted by Crippen LogP contribution is 2.29. The first-order chi connectivity index (χ1) is 8.75. The van der Waals surface area contributed by atoms with Crippen LogP contribution in [0.5, 0.6) is 0 Å². The average molecular weight is 263 g/mol. The quantitative estimate of drug-likeness (QED) is 0.897. The Balaban J connectivity index is 1.92. The largest absolute Gasteiger partial charge is 0.353 e. The fourth-order valence-corrected chi connectivity index (χ4v) is 3.56. The summed E-state index contributed by atoms with van der Waals surface area (Å²) in [6.07, 6.45) is 3.28. The number of anilines is 1. The fourth-order valence-electron chi connectivity index (χ4n) is 2.26. The average Bonchev–Trinajstić information content (AvgIpc) is 2.87. The molecule has 5 nitrogen and oxygen atoms in total. The van der Waals surface area contributed by atoms with Crippen LogP contribution >= 0.6 is 11.8 Å². The van der Waals surface area contributed by atoms with Crippen molar-refractivity contribution in [3.63, 3.8) is 0 Å². The molecule has 1 aliphatic rings. The summed E-state index contributed by atoms with van der Waals surface area (Å²) in [6.45, 7) is 6.66. The van der Waals surface area contributed by atoms with E-state index in [0.717, 1.165) is 35.8 Å². The highest BCUT2D eigenvalue weighted by molar-refractivity contribution is 8.00. The lowest BCUT2D eigenvalue weighted by atomic mass is 10.1. The number of thioether (sulfide) groups is 1. The smallest absolute Gasteiger partial charge is 0.182 e. The molecule has 0 aliphatic carbocycles. The summed E-state index contributed by atoms with van der Waals surface area (Å²) in [7, 11) is 0. The zero-order valence-corrected chi connectivity index (χ0v) is 11.4. The molecule has 3 heterocycles. The van der Waals surface area contributed by atoms with E-state index < -0.39 is 0 Å². The third-order valence-electron chi connectivity index (χ3n) is 3.34. The molecule has 3 rings (SSSR count). The summed E-state index contributed by atoms with van der Waals surface area (Å²) in [6, 6.07) is 0. The number of nitrogens with zero attached hydrogens (tertiary/aromatic N) is 4. The van der Waals surface area contributed by atoms with Crippen molar-refractivity contribution in [2.24, 2.45) is 5.92 Å². The zero-order valence-electron chi connectivity index (χ0n) is 10.6. The number of aromatic nitrogens is 4. The topological polar surface area (TPSA) is 57.7 Å². The van der Waals surface area contributed by atoms with Crippen molar-refractivity contribution in [1.82, 2.24) is 19.9 Å². The number of hydrogen-bond acceptors (Lipinski definition) is 5. The molecule has 1 N–H and O–H groups in total. The number of rotatable bonds is 2. The molecular weight excluding hydrogens is 246 g/mol. The van der Waals surface area contributed by atoms with E-state index in [0.29, 0.717) is 11.2 Å². The summed E-state index contributed by atoms with van der Waals surface area (Å²) in [4.78, 5) is 18.3. The molecule has 1 saturated heterocycles. The van der Waals surface area contributed by atoms with Gasteiger partial charge in [0.1, 0.15) is 11.8 Å². The Morgan fingerprint density at radius 1 is 1.39 bits per heavy atom. The molecule has 18 heavy (non-hydrogen) atoms. The van der Waals surface area contributed by atoms with Gasteiger partial charge in [-0.05, 0) is 5.92 Å². The summed E-state index contributed by atoms with van der Waals surface area (Å²) < 4.78 is 0. The molecule has 96 valence electrons. The van der Waals surface area contributed by atoms with Crippen molar-refractivity contribution in [2.45, 2.75) is 19.1 Å². The van der Waals surface area contributed by atoms with Crippen LogP contribution in [0.3, 0.4) is 0 Å². The third-order valence-corrected chi connectivity index (χ3v) is 4.88. The van der Waals surface area contributed by atoms with E-state index in [2.05, 4.69) is 50.4 Å². The highest BCUT2D eigenvalue weighted by Gasteiger charge is 2.25. The molecule has 2 aromatic rings. The minimum atomic E-state index is 0.673. The van der Waals surface area contributed by atoms with Crippen LogP contribution in [0.25, 0.3) is 11.2 Å². The summed E-state index contributed by atoms with van der Waals surface area (Å²) in [5.74, 6) is 2.84. The van der Waals surface area contributed by atoms with E-state index in [1.807, 2.05) is 0 Å². The number of nitrogens with one attached hydrogen (secondary N) is 1. The molecule has 0 bridgehead atoms. The normalized spacial score (nSPS) is 20.8. The van der Waals surface area contributed by atoms with Crippen molar-refractivity contribution < 1.29 is 0 Å². The van der Waals surface area contributed by atoms with E-state index in [4.69, 9.17) is 0 Å². The molecule has 1 aliphatic heterocycles. The van der Waals surface area contributed by atoms with Gasteiger partial charge in [-0.2, -0.15) is 11.8 Å². The van der Waals surface area contributed by atoms with Crippen molar-refractivity contribution >= 4 is 28.7 Å². The lowest BCUT2D eigenvalue weighted by Crippen LogP contribution is -2.40. The third kappa shape index (κ3) is 2.05. The van der Waals surface area contributed by atoms with E-state index in [1.54, 1.807) is 12.7 Å². The lowest BCUT2D eigenvalue weighted by Gasteiger charge is -2.35. The maximum absolute atomic E-state index is 4.43. The Morgan fingerprint density at radius 2 is 2.28 bits per heavy atom. The van der Waals surface area contributed by atoms with Gasteiger partial charge in [-0.1, -0.05) is 13.8 Å². The predicted molar refractivity (Wildman–Crippen MR) is 75.0 cm³/mol. The van der Waals surface area contributed by atoms with E-state index >= 15 is 0 Å². The van der Waals surface area contributed by atoms with Crippen molar-refractivity contribution in [2.75, 3.05) is 23.7 Å². The number of aromatic amines is 1. The zero-order chi connectivity index (χ0) is 12.5. The Kier molecular flexibility index (Phi) is 3.11. The first-order valence-corrected chi connectivity index (χ1v) is 7.31. The maximum atomic E-state index is 4.43. The molecule has 1 atom stereocenters. The minimum Gasteiger partial charge on any atom is -0.353 e. The molecule has 0 aromatic carbocycles. The Labute approximate surface area is 110 Å². The Bertz CT molecular complexity index is 538. The second kappa shape index (κ2) is 4.76. The van der Waals surface area contributed by atoms with Crippen molar-refractivity contribution in [1.29, 1.82) is 0 Å². The molecule has 0 radical (unpaired) electrons. The molecule has 0 spiro atoms. The molecule has 6 heteroatoms. The van der Waals surface area contributed by atoms with Gasteiger partial charge in [0.15, 0.2) is 11.5 Å². The second-order valence-electron chi connectivity index (χ2n) is 4.90. The highest BCUT2D eigenvalue weighted by atomic mass is 32.2. The van der Waals surface area contributed by atoms with Gasteiger partial charge in [0.2, 0.25) is 0 Å². The van der Waals surface area contributed by atoms with Crippen LogP contribution in [0.2, 0.25) is 0 Å². The van der Waals surface area contributed by atoms with Crippen LogP contribution in [-0.4, -0.2) is 44.0 Å². The summed E-state index contributed by atoms with van der Waals surface area (Å²) in [5.41, 5.74) is 1.70. The lowest BCUT2D eigenvalue weighted by molar-refractivity contribution is 0.581. The van der Waals surface area contributed by atoms with Gasteiger partial charge < -0.3 is 9.88 Å². The monoisotopic (exact) mass is 263 g/mol. The predicted octanol–water partition coefficient (Wildman–Crippen LogP) is 1.93. The molecule has 0 amide bonds. The molecule has 1 fully saturated rings.